The van der Waals surface area contributed by atoms with Crippen molar-refractivity contribution in [2.45, 2.75) is 68.6 Å². The highest BCUT2D eigenvalue weighted by atomic mass is 32.2. The average Bonchev–Trinajstić information content (AvgIpc) is 3.46. The van der Waals surface area contributed by atoms with Crippen LogP contribution in [-0.2, 0) is 21.4 Å². The van der Waals surface area contributed by atoms with Gasteiger partial charge in [0.2, 0.25) is 0 Å². The lowest BCUT2D eigenvalue weighted by molar-refractivity contribution is -0.0511. The Kier molecular flexibility index (Phi) is 9.09. The molecule has 39 heavy (non-hydrogen) atoms. The Hall–Kier alpha value is -3.21. The third-order valence-electron chi connectivity index (χ3n) is 6.40. The van der Waals surface area contributed by atoms with Gasteiger partial charge in [-0.3, -0.25) is 13.9 Å². The lowest BCUT2D eigenvalue weighted by atomic mass is 10.1. The first-order valence-electron chi connectivity index (χ1n) is 12.6. The zero-order valence-corrected chi connectivity index (χ0v) is 22.1. The first-order chi connectivity index (χ1) is 18.6. The first-order valence-corrected chi connectivity index (χ1v) is 14.0. The minimum Gasteiger partial charge on any atom is -0.394 e. The van der Waals surface area contributed by atoms with Gasteiger partial charge in [0.15, 0.2) is 29.0 Å². The third-order valence-corrected chi connectivity index (χ3v) is 7.27. The predicted molar refractivity (Wildman–Crippen MR) is 138 cm³/mol. The Labute approximate surface area is 224 Å². The van der Waals surface area contributed by atoms with Gasteiger partial charge in [-0.2, -0.15) is 8.42 Å². The number of unbranched alkanes of at least 4 members (excludes halogenated alkanes) is 3. The molecule has 0 spiro atoms. The van der Waals surface area contributed by atoms with Gasteiger partial charge in [0, 0.05) is 12.1 Å². The van der Waals surface area contributed by atoms with Gasteiger partial charge in [0.1, 0.15) is 18.3 Å². The molecule has 1 saturated heterocycles. The van der Waals surface area contributed by atoms with Crippen molar-refractivity contribution in [2.75, 3.05) is 18.5 Å². The molecule has 15 heteroatoms. The molecular formula is C24H32N6O8S. The Morgan fingerprint density at radius 2 is 1.85 bits per heavy atom. The Morgan fingerprint density at radius 1 is 1.10 bits per heavy atom. The lowest BCUT2D eigenvalue weighted by Crippen LogP contribution is -2.33. The van der Waals surface area contributed by atoms with Crippen molar-refractivity contribution in [3.8, 4) is 0 Å². The number of hydrogen-bond acceptors (Lipinski definition) is 11. The summed E-state index contributed by atoms with van der Waals surface area (Å²) in [6, 6.07) is 4.77. The summed E-state index contributed by atoms with van der Waals surface area (Å²) in [5, 5.41) is 36.1. The molecule has 2 aromatic heterocycles. The molecule has 4 atom stereocenters. The van der Waals surface area contributed by atoms with Crippen LogP contribution in [0.5, 0.6) is 0 Å². The topological polar surface area (TPSA) is 209 Å². The number of rotatable bonds is 12. The number of amides is 1. The Bertz CT molecular complexity index is 1400. The first kappa shape index (κ1) is 28.8. The monoisotopic (exact) mass is 564 g/mol. The summed E-state index contributed by atoms with van der Waals surface area (Å²) in [4.78, 5) is 25.7. The van der Waals surface area contributed by atoms with E-state index in [0.29, 0.717) is 17.9 Å². The molecule has 1 aliphatic heterocycles. The largest absolute Gasteiger partial charge is 0.394 e. The van der Waals surface area contributed by atoms with E-state index in [9.17, 15) is 28.5 Å². The van der Waals surface area contributed by atoms with Crippen molar-refractivity contribution in [2.24, 2.45) is 0 Å². The summed E-state index contributed by atoms with van der Waals surface area (Å²) in [6.07, 6.45) is 0.855. The molecule has 1 aromatic carbocycles. The maximum Gasteiger partial charge on any atom is 0.294 e. The molecule has 3 heterocycles. The predicted octanol–water partition coefficient (Wildman–Crippen LogP) is 0.607. The molecule has 14 nitrogen and oxygen atoms in total. The summed E-state index contributed by atoms with van der Waals surface area (Å²) in [7, 11) is -4.38. The van der Waals surface area contributed by atoms with Crippen LogP contribution >= 0.6 is 0 Å². The fourth-order valence-corrected chi connectivity index (χ4v) is 4.74. The van der Waals surface area contributed by atoms with E-state index in [4.69, 9.17) is 9.29 Å². The lowest BCUT2D eigenvalue weighted by Gasteiger charge is -2.17. The zero-order valence-electron chi connectivity index (χ0n) is 21.3. The van der Waals surface area contributed by atoms with Crippen LogP contribution in [0.2, 0.25) is 0 Å². The van der Waals surface area contributed by atoms with Gasteiger partial charge in [0.05, 0.1) is 24.4 Å². The molecule has 212 valence electrons. The molecule has 1 fully saturated rings. The van der Waals surface area contributed by atoms with Gasteiger partial charge < -0.3 is 30.7 Å². The summed E-state index contributed by atoms with van der Waals surface area (Å²) in [5.74, 6) is 0.116. The van der Waals surface area contributed by atoms with Gasteiger partial charge >= 0.3 is 0 Å². The van der Waals surface area contributed by atoms with E-state index in [1.807, 2.05) is 0 Å². The quantitative estimate of drug-likeness (QED) is 0.132. The number of aliphatic hydroxyl groups excluding tert-OH is 3. The molecule has 0 saturated carbocycles. The number of carbonyl (C=O) groups excluding carboxylic acids is 1. The van der Waals surface area contributed by atoms with Gasteiger partial charge in [0.25, 0.3) is 16.0 Å². The average molecular weight is 565 g/mol. The highest BCUT2D eigenvalue weighted by Gasteiger charge is 2.44. The van der Waals surface area contributed by atoms with E-state index in [1.54, 1.807) is 0 Å². The summed E-state index contributed by atoms with van der Waals surface area (Å²) < 4.78 is 38.7. The number of anilines is 1. The zero-order chi connectivity index (χ0) is 28.2. The Morgan fingerprint density at radius 3 is 2.49 bits per heavy atom. The number of aliphatic hydroxyl groups is 3. The van der Waals surface area contributed by atoms with Crippen LogP contribution in [0.15, 0.2) is 35.5 Å². The van der Waals surface area contributed by atoms with Crippen LogP contribution in [0, 0.1) is 0 Å². The Balaban J connectivity index is 1.58. The highest BCUT2D eigenvalue weighted by molar-refractivity contribution is 7.85. The van der Waals surface area contributed by atoms with Crippen molar-refractivity contribution in [1.82, 2.24) is 24.8 Å². The number of nitrogens with zero attached hydrogens (tertiary/aromatic N) is 4. The molecule has 3 aromatic rings. The van der Waals surface area contributed by atoms with Crippen molar-refractivity contribution in [1.29, 1.82) is 0 Å². The molecule has 0 unspecified atom stereocenters. The number of carbonyl (C=O) groups is 1. The molecular weight excluding hydrogens is 532 g/mol. The SMILES string of the molecule is CCCCCCNc1nc(CNC(=O)c2ccc(S(=O)(=O)O)cc2)nc2c1ncn2[C@@H]1O[C@H](CO)[C@@H](O)[C@H]1O. The van der Waals surface area contributed by atoms with Gasteiger partial charge in [-0.05, 0) is 30.7 Å². The second-order valence-corrected chi connectivity index (χ2v) is 10.6. The van der Waals surface area contributed by atoms with Gasteiger partial charge in [-0.15, -0.1) is 0 Å². The second kappa shape index (κ2) is 12.3. The third kappa shape index (κ3) is 6.51. The molecule has 4 rings (SSSR count). The van der Waals surface area contributed by atoms with Crippen LogP contribution in [0.3, 0.4) is 0 Å². The highest BCUT2D eigenvalue weighted by Crippen LogP contribution is 2.32. The van der Waals surface area contributed by atoms with E-state index < -0.39 is 47.2 Å². The standard InChI is InChI=1S/C24H32N6O8S/c1-2-3-4-5-10-25-21-18-22(30(13-27-18)24-20(33)19(32)16(12-31)38-24)29-17(28-21)11-26-23(34)14-6-8-15(9-7-14)39(35,36)37/h6-9,13,16,19-20,24,31-33H,2-5,10-12H2,1H3,(H,26,34)(H,25,28,29)(H,35,36,37)/t16-,19-,20-,24-/m1/s1. The molecule has 0 aliphatic carbocycles. The summed E-state index contributed by atoms with van der Waals surface area (Å²) >= 11 is 0. The fraction of sp³-hybridized carbons (Fsp3) is 0.500. The molecule has 1 amide bonds. The van der Waals surface area contributed by atoms with Crippen molar-refractivity contribution >= 4 is 33.0 Å². The van der Waals surface area contributed by atoms with E-state index in [-0.39, 0.29) is 28.5 Å². The van der Waals surface area contributed by atoms with Gasteiger partial charge in [-0.1, -0.05) is 26.2 Å². The van der Waals surface area contributed by atoms with Crippen molar-refractivity contribution < 1.29 is 37.8 Å². The van der Waals surface area contributed by atoms with Crippen LogP contribution in [-0.4, -0.2) is 85.2 Å². The normalized spacial score (nSPS) is 21.4. The molecule has 0 radical (unpaired) electrons. The van der Waals surface area contributed by atoms with Crippen LogP contribution in [0.4, 0.5) is 5.82 Å². The van der Waals surface area contributed by atoms with Crippen molar-refractivity contribution in [3.05, 3.63) is 42.0 Å². The number of fused-ring (bicyclic) bond motifs is 1. The van der Waals surface area contributed by atoms with E-state index >= 15 is 0 Å². The maximum atomic E-state index is 12.7. The van der Waals surface area contributed by atoms with E-state index in [0.717, 1.165) is 37.8 Å². The van der Waals surface area contributed by atoms with Crippen LogP contribution in [0.25, 0.3) is 11.2 Å². The minimum absolute atomic E-state index is 0.0967. The second-order valence-electron chi connectivity index (χ2n) is 9.21. The summed E-state index contributed by atoms with van der Waals surface area (Å²) in [6.45, 7) is 2.16. The van der Waals surface area contributed by atoms with E-state index in [1.165, 1.54) is 23.0 Å². The number of benzene rings is 1. The van der Waals surface area contributed by atoms with Gasteiger partial charge in [-0.25, -0.2) is 15.0 Å². The van der Waals surface area contributed by atoms with Crippen molar-refractivity contribution in [3.63, 3.8) is 0 Å². The van der Waals surface area contributed by atoms with Crippen LogP contribution in [0.1, 0.15) is 55.0 Å². The minimum atomic E-state index is -4.38. The molecule has 6 N–H and O–H groups in total. The van der Waals surface area contributed by atoms with Crippen LogP contribution < -0.4 is 10.6 Å². The number of hydrogen-bond donors (Lipinski definition) is 6. The maximum absolute atomic E-state index is 12.7. The number of nitrogens with one attached hydrogen (secondary N) is 2. The number of aromatic nitrogens is 4. The number of imidazole rings is 1. The summed E-state index contributed by atoms with van der Waals surface area (Å²) in [5.41, 5.74) is 0.853. The molecule has 0 bridgehead atoms. The fourth-order valence-electron chi connectivity index (χ4n) is 4.26. The molecule has 1 aliphatic rings. The smallest absolute Gasteiger partial charge is 0.294 e. The number of ether oxygens (including phenoxy) is 1. The van der Waals surface area contributed by atoms with E-state index in [2.05, 4.69) is 32.5 Å².